The minimum atomic E-state index is -0.577. The Bertz CT molecular complexity index is 159. The van der Waals surface area contributed by atoms with Crippen molar-refractivity contribution in [3.8, 4) is 0 Å². The standard InChI is InChI=1S/C9H22N4O/c1-3-13(4-2)6-5-12-7-8(10)9(11)14/h8,12H,3-7,10H2,1-2H3,(H2,11,14). The molecule has 0 aromatic rings. The third kappa shape index (κ3) is 5.90. The second-order valence-electron chi connectivity index (χ2n) is 3.24. The zero-order valence-corrected chi connectivity index (χ0v) is 9.12. The average Bonchev–Trinajstić information content (AvgIpc) is 2.17. The van der Waals surface area contributed by atoms with Gasteiger partial charge in [0.1, 0.15) is 0 Å². The Morgan fingerprint density at radius 2 is 2.00 bits per heavy atom. The van der Waals surface area contributed by atoms with Crippen LogP contribution in [-0.4, -0.2) is 49.6 Å². The van der Waals surface area contributed by atoms with E-state index in [2.05, 4.69) is 24.1 Å². The molecule has 0 spiro atoms. The zero-order chi connectivity index (χ0) is 11.0. The lowest BCUT2D eigenvalue weighted by atomic mass is 10.3. The lowest BCUT2D eigenvalue weighted by molar-refractivity contribution is -0.119. The van der Waals surface area contributed by atoms with E-state index in [-0.39, 0.29) is 0 Å². The first-order chi connectivity index (χ1) is 6.61. The fourth-order valence-electron chi connectivity index (χ4n) is 1.14. The van der Waals surface area contributed by atoms with Crippen molar-refractivity contribution in [1.29, 1.82) is 0 Å². The lowest BCUT2D eigenvalue weighted by Gasteiger charge is -2.18. The van der Waals surface area contributed by atoms with Gasteiger partial charge in [-0.25, -0.2) is 0 Å². The van der Waals surface area contributed by atoms with Crippen molar-refractivity contribution in [3.05, 3.63) is 0 Å². The van der Waals surface area contributed by atoms with Crippen LogP contribution in [0.5, 0.6) is 0 Å². The van der Waals surface area contributed by atoms with Crippen LogP contribution in [0, 0.1) is 0 Å². The molecule has 14 heavy (non-hydrogen) atoms. The van der Waals surface area contributed by atoms with Crippen LogP contribution in [-0.2, 0) is 4.79 Å². The summed E-state index contributed by atoms with van der Waals surface area (Å²) in [5.41, 5.74) is 10.5. The number of carbonyl (C=O) groups is 1. The summed E-state index contributed by atoms with van der Waals surface area (Å²) in [5.74, 6) is -0.458. The summed E-state index contributed by atoms with van der Waals surface area (Å²) in [4.78, 5) is 12.9. The van der Waals surface area contributed by atoms with Gasteiger partial charge in [0, 0.05) is 19.6 Å². The number of rotatable bonds is 8. The van der Waals surface area contributed by atoms with Gasteiger partial charge in [0.15, 0.2) is 0 Å². The second kappa shape index (κ2) is 7.73. The average molecular weight is 202 g/mol. The fourth-order valence-corrected chi connectivity index (χ4v) is 1.14. The molecule has 0 bridgehead atoms. The van der Waals surface area contributed by atoms with Gasteiger partial charge >= 0.3 is 0 Å². The predicted molar refractivity (Wildman–Crippen MR) is 57.8 cm³/mol. The fraction of sp³-hybridized carbons (Fsp3) is 0.889. The van der Waals surface area contributed by atoms with Gasteiger partial charge in [0.2, 0.25) is 5.91 Å². The summed E-state index contributed by atoms with van der Waals surface area (Å²) >= 11 is 0. The molecule has 0 aliphatic carbocycles. The highest BCUT2D eigenvalue weighted by atomic mass is 16.1. The Labute approximate surface area is 85.8 Å². The number of carbonyl (C=O) groups excluding carboxylic acids is 1. The molecule has 1 atom stereocenters. The van der Waals surface area contributed by atoms with Crippen molar-refractivity contribution in [2.24, 2.45) is 11.5 Å². The maximum Gasteiger partial charge on any atom is 0.235 e. The molecular formula is C9H22N4O. The number of amides is 1. The van der Waals surface area contributed by atoms with Crippen LogP contribution >= 0.6 is 0 Å². The number of primary amides is 1. The maximum absolute atomic E-state index is 10.6. The first kappa shape index (κ1) is 13.4. The molecule has 0 heterocycles. The van der Waals surface area contributed by atoms with Gasteiger partial charge in [0.05, 0.1) is 6.04 Å². The van der Waals surface area contributed by atoms with Crippen LogP contribution in [0.4, 0.5) is 0 Å². The summed E-state index contributed by atoms with van der Waals surface area (Å²) in [6.07, 6.45) is 0. The Balaban J connectivity index is 3.41. The first-order valence-electron chi connectivity index (χ1n) is 5.09. The summed E-state index contributed by atoms with van der Waals surface area (Å²) in [6, 6.07) is -0.577. The normalized spacial score (nSPS) is 13.1. The molecule has 1 unspecified atom stereocenters. The van der Waals surface area contributed by atoms with Gasteiger partial charge in [-0.2, -0.15) is 0 Å². The molecule has 1 amide bonds. The van der Waals surface area contributed by atoms with E-state index < -0.39 is 11.9 Å². The van der Waals surface area contributed by atoms with Crippen molar-refractivity contribution in [2.75, 3.05) is 32.7 Å². The van der Waals surface area contributed by atoms with Gasteiger partial charge in [-0.05, 0) is 13.1 Å². The van der Waals surface area contributed by atoms with E-state index in [0.29, 0.717) is 6.54 Å². The minimum absolute atomic E-state index is 0.455. The van der Waals surface area contributed by atoms with E-state index in [4.69, 9.17) is 11.5 Å². The van der Waals surface area contributed by atoms with Gasteiger partial charge in [-0.15, -0.1) is 0 Å². The molecule has 0 aliphatic heterocycles. The van der Waals surface area contributed by atoms with Crippen LogP contribution in [0.15, 0.2) is 0 Å². The summed E-state index contributed by atoms with van der Waals surface area (Å²) in [5, 5.41) is 3.10. The highest BCUT2D eigenvalue weighted by Gasteiger charge is 2.07. The van der Waals surface area contributed by atoms with Crippen molar-refractivity contribution in [1.82, 2.24) is 10.2 Å². The van der Waals surface area contributed by atoms with Crippen LogP contribution in [0.3, 0.4) is 0 Å². The molecule has 0 aromatic carbocycles. The molecule has 0 rings (SSSR count). The number of hydrogen-bond acceptors (Lipinski definition) is 4. The van der Waals surface area contributed by atoms with E-state index in [1.165, 1.54) is 0 Å². The number of nitrogens with two attached hydrogens (primary N) is 2. The van der Waals surface area contributed by atoms with E-state index in [9.17, 15) is 4.79 Å². The molecule has 0 fully saturated rings. The SMILES string of the molecule is CCN(CC)CCNCC(N)C(N)=O. The Morgan fingerprint density at radius 1 is 1.43 bits per heavy atom. The first-order valence-corrected chi connectivity index (χ1v) is 5.09. The largest absolute Gasteiger partial charge is 0.368 e. The molecule has 0 radical (unpaired) electrons. The van der Waals surface area contributed by atoms with Crippen LogP contribution in [0.2, 0.25) is 0 Å². The molecular weight excluding hydrogens is 180 g/mol. The summed E-state index contributed by atoms with van der Waals surface area (Å²) in [6.45, 7) is 8.59. The number of nitrogens with one attached hydrogen (secondary N) is 1. The molecule has 84 valence electrons. The number of likely N-dealkylation sites (N-methyl/N-ethyl adjacent to an activating group) is 1. The number of nitrogens with zero attached hydrogens (tertiary/aromatic N) is 1. The Kier molecular flexibility index (Phi) is 7.37. The molecule has 5 heteroatoms. The van der Waals surface area contributed by atoms with E-state index in [0.717, 1.165) is 26.2 Å². The molecule has 0 saturated carbocycles. The summed E-state index contributed by atoms with van der Waals surface area (Å²) in [7, 11) is 0. The predicted octanol–water partition coefficient (Wildman–Crippen LogP) is -1.27. The molecule has 0 aromatic heterocycles. The van der Waals surface area contributed by atoms with Crippen molar-refractivity contribution in [2.45, 2.75) is 19.9 Å². The minimum Gasteiger partial charge on any atom is -0.368 e. The van der Waals surface area contributed by atoms with E-state index in [1.54, 1.807) is 0 Å². The van der Waals surface area contributed by atoms with Crippen molar-refractivity contribution in [3.63, 3.8) is 0 Å². The summed E-state index contributed by atoms with van der Waals surface area (Å²) < 4.78 is 0. The second-order valence-corrected chi connectivity index (χ2v) is 3.24. The number of hydrogen-bond donors (Lipinski definition) is 3. The zero-order valence-electron chi connectivity index (χ0n) is 9.12. The molecule has 0 saturated heterocycles. The van der Waals surface area contributed by atoms with Crippen LogP contribution in [0.25, 0.3) is 0 Å². The molecule has 5 nitrogen and oxygen atoms in total. The Hall–Kier alpha value is -0.650. The molecule has 0 aliphatic rings. The van der Waals surface area contributed by atoms with Crippen molar-refractivity contribution < 1.29 is 4.79 Å². The topological polar surface area (TPSA) is 84.4 Å². The third-order valence-electron chi connectivity index (χ3n) is 2.23. The van der Waals surface area contributed by atoms with Gasteiger partial charge in [-0.1, -0.05) is 13.8 Å². The van der Waals surface area contributed by atoms with Crippen molar-refractivity contribution >= 4 is 5.91 Å². The van der Waals surface area contributed by atoms with Gasteiger partial charge in [-0.3, -0.25) is 4.79 Å². The van der Waals surface area contributed by atoms with Crippen LogP contribution in [0.1, 0.15) is 13.8 Å². The maximum atomic E-state index is 10.6. The monoisotopic (exact) mass is 202 g/mol. The highest BCUT2D eigenvalue weighted by Crippen LogP contribution is 1.84. The quantitative estimate of drug-likeness (QED) is 0.429. The Morgan fingerprint density at radius 3 is 2.43 bits per heavy atom. The van der Waals surface area contributed by atoms with Gasteiger partial charge in [0.25, 0.3) is 0 Å². The molecule has 5 N–H and O–H groups in total. The van der Waals surface area contributed by atoms with Gasteiger partial charge < -0.3 is 21.7 Å². The lowest BCUT2D eigenvalue weighted by Crippen LogP contribution is -2.45. The third-order valence-corrected chi connectivity index (χ3v) is 2.23. The highest BCUT2D eigenvalue weighted by molar-refractivity contribution is 5.79. The van der Waals surface area contributed by atoms with E-state index in [1.807, 2.05) is 0 Å². The smallest absolute Gasteiger partial charge is 0.235 e. The van der Waals surface area contributed by atoms with Crippen LogP contribution < -0.4 is 16.8 Å². The van der Waals surface area contributed by atoms with E-state index >= 15 is 0 Å².